The number of unbranched alkanes of at least 4 members (excludes halogenated alkanes) is 28. The molecule has 0 bridgehead atoms. The first kappa shape index (κ1) is 83.0. The van der Waals surface area contributed by atoms with E-state index in [0.717, 1.165) is 134 Å². The first-order valence-electron chi connectivity index (χ1n) is 34.2. The summed E-state index contributed by atoms with van der Waals surface area (Å²) in [5.74, 6) is 1.17. The molecule has 12 nitrogen and oxygen atoms in total. The summed E-state index contributed by atoms with van der Waals surface area (Å²) in [6, 6.07) is 0. The number of hydrogen-bond acceptors (Lipinski definition) is 14. The molecule has 0 unspecified atom stereocenters. The van der Waals surface area contributed by atoms with Gasteiger partial charge in [-0.3, -0.25) is 24.0 Å². The van der Waals surface area contributed by atoms with Gasteiger partial charge in [0.05, 0.1) is 32.8 Å². The van der Waals surface area contributed by atoms with Crippen LogP contribution in [0.4, 0.5) is 0 Å². The van der Waals surface area contributed by atoms with Gasteiger partial charge in [0.1, 0.15) is 6.61 Å². The molecule has 0 heterocycles. The Labute approximate surface area is 519 Å². The zero-order chi connectivity index (χ0) is 61.8. The van der Waals surface area contributed by atoms with Gasteiger partial charge in [0, 0.05) is 56.3 Å². The van der Waals surface area contributed by atoms with Crippen molar-refractivity contribution in [2.45, 2.75) is 339 Å². The predicted octanol–water partition coefficient (Wildman–Crippen LogP) is 20.2. The van der Waals surface area contributed by atoms with Gasteiger partial charge < -0.3 is 33.2 Å². The third kappa shape index (κ3) is 68.9. The van der Waals surface area contributed by atoms with Crippen molar-refractivity contribution in [2.75, 3.05) is 57.8 Å². The molecule has 0 atom stereocenters. The van der Waals surface area contributed by atoms with E-state index in [0.29, 0.717) is 63.9 Å². The molecule has 0 saturated carbocycles. The summed E-state index contributed by atoms with van der Waals surface area (Å²) in [4.78, 5) is 60.7. The van der Waals surface area contributed by atoms with E-state index in [4.69, 9.17) is 33.2 Å². The molecule has 0 aromatic heterocycles. The predicted molar refractivity (Wildman–Crippen MR) is 350 cm³/mol. The normalized spacial score (nSPS) is 11.7. The maximum Gasteiger partial charge on any atom is 0.306 e. The molecule has 492 valence electrons. The lowest BCUT2D eigenvalue weighted by Gasteiger charge is -2.25. The smallest absolute Gasteiger partial charge is 0.306 e. The third-order valence-electron chi connectivity index (χ3n) is 14.3. The molecule has 0 fully saturated rings. The minimum Gasteiger partial charge on any atom is -0.466 e. The molecule has 0 radical (unpaired) electrons. The zero-order valence-electron chi connectivity index (χ0n) is 55.7. The van der Waals surface area contributed by atoms with Crippen LogP contribution in [0, 0.1) is 16.7 Å². The Kier molecular flexibility index (Phi) is 61.6. The zero-order valence-corrected chi connectivity index (χ0v) is 57.4. The summed E-state index contributed by atoms with van der Waals surface area (Å²) >= 11 is 0. The largest absolute Gasteiger partial charge is 0.466 e. The van der Waals surface area contributed by atoms with Crippen molar-refractivity contribution in [1.82, 2.24) is 0 Å². The molecule has 14 heteroatoms. The molecule has 0 saturated heterocycles. The fourth-order valence-corrected chi connectivity index (χ4v) is 11.6. The molecule has 0 aliphatic rings. The van der Waals surface area contributed by atoms with E-state index < -0.39 is 6.29 Å². The lowest BCUT2D eigenvalue weighted by molar-refractivity contribution is -0.183. The van der Waals surface area contributed by atoms with E-state index in [9.17, 15) is 24.0 Å². The van der Waals surface area contributed by atoms with Crippen molar-refractivity contribution in [3.05, 3.63) is 0 Å². The molecule has 0 amide bonds. The molecule has 83 heavy (non-hydrogen) atoms. The van der Waals surface area contributed by atoms with Crippen molar-refractivity contribution in [3.63, 3.8) is 0 Å². The van der Waals surface area contributed by atoms with Crippen LogP contribution in [-0.4, -0.2) is 93.9 Å². The summed E-state index contributed by atoms with van der Waals surface area (Å²) in [7, 11) is 3.60. The number of rotatable bonds is 59. The Morgan fingerprint density at radius 1 is 0.313 bits per heavy atom. The van der Waals surface area contributed by atoms with Crippen LogP contribution in [0.1, 0.15) is 332 Å². The quantitative estimate of drug-likeness (QED) is 0.0187. The van der Waals surface area contributed by atoms with E-state index in [-0.39, 0.29) is 61.0 Å². The second-order valence-corrected chi connectivity index (χ2v) is 28.3. The average molecular weight is 1220 g/mol. The van der Waals surface area contributed by atoms with E-state index in [1.807, 2.05) is 10.8 Å². The Balaban J connectivity index is 0. The monoisotopic (exact) mass is 1220 g/mol. The maximum atomic E-state index is 12.4. The number of hydrogen-bond donors (Lipinski definition) is 0. The first-order chi connectivity index (χ1) is 40.0. The standard InChI is InChI=1S/C44H82O8.C25H50O4S2/c1-6-8-10-12-22-28-34-49-40(45)30-24-18-14-16-20-26-32-42(47)51-37-39(36-44(3,4)5)38-52-43(48)33-27-21-17-15-19-25-31-41(46)50-35-29-23-13-11-9-7-2;1-6-8-10-12-14-18-27-24(28-19-15-13-11-9-7-2)22-29-23(26)16-20-30-31-21-17-25(3,4)5/h39H,6-38H2,1-5H3;24H,6-22H2,1-5H3. The van der Waals surface area contributed by atoms with Gasteiger partial charge in [0.2, 0.25) is 0 Å². The van der Waals surface area contributed by atoms with Crippen LogP contribution in [0.5, 0.6) is 0 Å². The molecule has 0 rings (SSSR count). The van der Waals surface area contributed by atoms with Crippen LogP contribution in [0.3, 0.4) is 0 Å². The van der Waals surface area contributed by atoms with E-state index in [2.05, 4.69) is 69.2 Å². The highest BCUT2D eigenvalue weighted by Gasteiger charge is 2.22. The minimum absolute atomic E-state index is 0.0251. The molecule has 0 N–H and O–H groups in total. The van der Waals surface area contributed by atoms with Crippen LogP contribution in [-0.2, 0) is 57.1 Å². The molecule has 0 aromatic carbocycles. The summed E-state index contributed by atoms with van der Waals surface area (Å²) in [6.07, 6.45) is 41.5. The molecular weight excluding hydrogens is 1080 g/mol. The van der Waals surface area contributed by atoms with Gasteiger partial charge in [-0.2, -0.15) is 0 Å². The van der Waals surface area contributed by atoms with Crippen molar-refractivity contribution >= 4 is 51.4 Å². The molecule has 0 aromatic rings. The van der Waals surface area contributed by atoms with Crippen LogP contribution in [0.25, 0.3) is 0 Å². The molecule has 0 aliphatic carbocycles. The first-order valence-corrected chi connectivity index (χ1v) is 36.7. The van der Waals surface area contributed by atoms with Crippen molar-refractivity contribution in [2.24, 2.45) is 16.7 Å². The van der Waals surface area contributed by atoms with E-state index >= 15 is 0 Å². The highest BCUT2D eigenvalue weighted by molar-refractivity contribution is 8.76. The van der Waals surface area contributed by atoms with Crippen molar-refractivity contribution < 1.29 is 57.1 Å². The van der Waals surface area contributed by atoms with Gasteiger partial charge in [-0.15, -0.1) is 0 Å². The third-order valence-corrected chi connectivity index (χ3v) is 16.7. The number of ether oxygens (including phenoxy) is 7. The number of carbonyl (C=O) groups is 5. The highest BCUT2D eigenvalue weighted by Crippen LogP contribution is 2.29. The lowest BCUT2D eigenvalue weighted by atomic mass is 9.85. The van der Waals surface area contributed by atoms with Gasteiger partial charge in [0.15, 0.2) is 6.29 Å². The number of carbonyl (C=O) groups excluding carboxylic acids is 5. The minimum atomic E-state index is -0.435. The van der Waals surface area contributed by atoms with E-state index in [1.165, 1.54) is 109 Å². The van der Waals surface area contributed by atoms with Gasteiger partial charge in [-0.25, -0.2) is 0 Å². The van der Waals surface area contributed by atoms with Crippen LogP contribution in [0.2, 0.25) is 0 Å². The lowest BCUT2D eigenvalue weighted by Crippen LogP contribution is -2.26. The topological polar surface area (TPSA) is 150 Å². The van der Waals surface area contributed by atoms with E-state index in [1.54, 1.807) is 10.8 Å². The Bertz CT molecular complexity index is 1390. The summed E-state index contributed by atoms with van der Waals surface area (Å²) in [5, 5.41) is 0. The Morgan fingerprint density at radius 2 is 0.602 bits per heavy atom. The molecule has 0 aliphatic heterocycles. The molecule has 0 spiro atoms. The van der Waals surface area contributed by atoms with Gasteiger partial charge in [0.25, 0.3) is 0 Å². The average Bonchev–Trinajstić information content (AvgIpc) is 3.43. The van der Waals surface area contributed by atoms with Gasteiger partial charge in [-0.05, 0) is 75.0 Å². The maximum absolute atomic E-state index is 12.4. The van der Waals surface area contributed by atoms with Crippen LogP contribution in [0.15, 0.2) is 0 Å². The summed E-state index contributed by atoms with van der Waals surface area (Å²) < 4.78 is 39.1. The summed E-state index contributed by atoms with van der Waals surface area (Å²) in [5.41, 5.74) is 0.395. The fourth-order valence-electron chi connectivity index (χ4n) is 9.18. The van der Waals surface area contributed by atoms with Gasteiger partial charge >= 0.3 is 29.8 Å². The second kappa shape index (κ2) is 61.6. The number of esters is 5. The van der Waals surface area contributed by atoms with Crippen molar-refractivity contribution in [1.29, 1.82) is 0 Å². The fraction of sp³-hybridized carbons (Fsp3) is 0.928. The second-order valence-electron chi connectivity index (χ2n) is 25.6. The Hall–Kier alpha value is -2.03. The van der Waals surface area contributed by atoms with Crippen molar-refractivity contribution in [3.8, 4) is 0 Å². The SMILES string of the molecule is CCCCCCCCOC(=O)CCCCCCCCC(=O)OCC(COC(=O)CCCCCCCCC(=O)OCCCCCCCC)CC(C)(C)C.CCCCCCCOC(COC(=O)CCSSCCC(C)(C)C)OCCCCCCC. The van der Waals surface area contributed by atoms with Crippen LogP contribution >= 0.6 is 21.6 Å². The van der Waals surface area contributed by atoms with Gasteiger partial charge in [-0.1, -0.05) is 258 Å². The Morgan fingerprint density at radius 3 is 0.952 bits per heavy atom. The summed E-state index contributed by atoms with van der Waals surface area (Å²) in [6.45, 7) is 25.2. The highest BCUT2D eigenvalue weighted by atomic mass is 33.1. The molecular formula is C69H132O12S2. The van der Waals surface area contributed by atoms with Crippen LogP contribution < -0.4 is 0 Å².